The van der Waals surface area contributed by atoms with Crippen molar-refractivity contribution in [3.05, 3.63) is 47.3 Å². The molecule has 0 radical (unpaired) electrons. The molecule has 1 aromatic carbocycles. The van der Waals surface area contributed by atoms with Gasteiger partial charge in [0.1, 0.15) is 0 Å². The molecular formula is C17H23N5O. The summed E-state index contributed by atoms with van der Waals surface area (Å²) in [5, 5.41) is 5.97. The summed E-state index contributed by atoms with van der Waals surface area (Å²) in [6.45, 7) is 5.51. The first kappa shape index (κ1) is 16.9. The number of rotatable bonds is 6. The van der Waals surface area contributed by atoms with Crippen molar-refractivity contribution in [2.75, 3.05) is 32.5 Å². The lowest BCUT2D eigenvalue weighted by Crippen LogP contribution is -2.31. The number of likely N-dealkylation sites (N-methyl/N-ethyl adjacent to an activating group) is 1. The molecule has 0 saturated carbocycles. The van der Waals surface area contributed by atoms with Crippen LogP contribution in [0.3, 0.4) is 0 Å². The van der Waals surface area contributed by atoms with E-state index < -0.39 is 0 Å². The Kier molecular flexibility index (Phi) is 5.65. The normalized spacial score (nSPS) is 10.7. The molecule has 0 aliphatic heterocycles. The Balaban J connectivity index is 1.96. The van der Waals surface area contributed by atoms with E-state index in [4.69, 9.17) is 0 Å². The van der Waals surface area contributed by atoms with E-state index in [2.05, 4.69) is 34.4 Å². The van der Waals surface area contributed by atoms with E-state index >= 15 is 0 Å². The van der Waals surface area contributed by atoms with Crippen LogP contribution in [0.1, 0.15) is 21.5 Å². The van der Waals surface area contributed by atoms with Crippen LogP contribution in [-0.2, 0) is 0 Å². The first-order valence-corrected chi connectivity index (χ1v) is 7.55. The van der Waals surface area contributed by atoms with Gasteiger partial charge in [0.2, 0.25) is 5.95 Å². The molecule has 122 valence electrons. The standard InChI is InChI=1S/C17H23N5O/c1-12-5-6-15(9-13(12)2)21-17-19-10-14(11-20-17)16(23)18-7-8-22(3)4/h5-6,9-11H,7-8H2,1-4H3,(H,18,23)(H,19,20,21). The second-order valence-electron chi connectivity index (χ2n) is 5.78. The van der Waals surface area contributed by atoms with Crippen LogP contribution in [0.5, 0.6) is 0 Å². The molecule has 0 bridgehead atoms. The summed E-state index contributed by atoms with van der Waals surface area (Å²) in [5.74, 6) is 0.308. The van der Waals surface area contributed by atoms with Gasteiger partial charge in [-0.05, 0) is 51.2 Å². The molecule has 2 aromatic rings. The molecule has 0 atom stereocenters. The van der Waals surface area contributed by atoms with E-state index in [1.807, 2.05) is 37.2 Å². The van der Waals surface area contributed by atoms with Crippen molar-refractivity contribution in [2.45, 2.75) is 13.8 Å². The molecular weight excluding hydrogens is 290 g/mol. The van der Waals surface area contributed by atoms with Crippen molar-refractivity contribution in [1.82, 2.24) is 20.2 Å². The van der Waals surface area contributed by atoms with Crippen LogP contribution >= 0.6 is 0 Å². The van der Waals surface area contributed by atoms with E-state index in [1.54, 1.807) is 0 Å². The summed E-state index contributed by atoms with van der Waals surface area (Å²) in [6, 6.07) is 6.07. The number of anilines is 2. The maximum Gasteiger partial charge on any atom is 0.254 e. The molecule has 2 rings (SSSR count). The SMILES string of the molecule is Cc1ccc(Nc2ncc(C(=O)NCCN(C)C)cn2)cc1C. The van der Waals surface area contributed by atoms with Gasteiger partial charge in [0.25, 0.3) is 5.91 Å². The van der Waals surface area contributed by atoms with E-state index in [9.17, 15) is 4.79 Å². The van der Waals surface area contributed by atoms with Crippen molar-refractivity contribution >= 4 is 17.5 Å². The second-order valence-corrected chi connectivity index (χ2v) is 5.78. The van der Waals surface area contributed by atoms with Crippen LogP contribution in [0.25, 0.3) is 0 Å². The van der Waals surface area contributed by atoms with Crippen LogP contribution in [0, 0.1) is 13.8 Å². The highest BCUT2D eigenvalue weighted by molar-refractivity contribution is 5.93. The van der Waals surface area contributed by atoms with Gasteiger partial charge in [0.05, 0.1) is 5.56 Å². The van der Waals surface area contributed by atoms with Gasteiger partial charge in [-0.1, -0.05) is 6.07 Å². The molecule has 0 spiro atoms. The minimum atomic E-state index is -0.162. The third kappa shape index (κ3) is 5.03. The Morgan fingerprint density at radius 3 is 2.43 bits per heavy atom. The third-order valence-electron chi connectivity index (χ3n) is 3.52. The zero-order chi connectivity index (χ0) is 16.8. The number of aryl methyl sites for hydroxylation is 2. The maximum atomic E-state index is 11.9. The summed E-state index contributed by atoms with van der Waals surface area (Å²) in [7, 11) is 3.92. The molecule has 0 unspecified atom stereocenters. The van der Waals surface area contributed by atoms with Crippen molar-refractivity contribution in [1.29, 1.82) is 0 Å². The number of amides is 1. The Morgan fingerprint density at radius 2 is 1.83 bits per heavy atom. The fraction of sp³-hybridized carbons (Fsp3) is 0.353. The lowest BCUT2D eigenvalue weighted by atomic mass is 10.1. The number of carbonyl (C=O) groups is 1. The lowest BCUT2D eigenvalue weighted by Gasteiger charge is -2.10. The molecule has 0 aliphatic carbocycles. The van der Waals surface area contributed by atoms with E-state index in [0.29, 0.717) is 18.1 Å². The van der Waals surface area contributed by atoms with Gasteiger partial charge in [-0.25, -0.2) is 9.97 Å². The first-order valence-electron chi connectivity index (χ1n) is 7.55. The number of nitrogens with zero attached hydrogens (tertiary/aromatic N) is 3. The van der Waals surface area contributed by atoms with E-state index in [-0.39, 0.29) is 5.91 Å². The fourth-order valence-corrected chi connectivity index (χ4v) is 1.95. The molecule has 23 heavy (non-hydrogen) atoms. The van der Waals surface area contributed by atoms with Gasteiger partial charge >= 0.3 is 0 Å². The smallest absolute Gasteiger partial charge is 0.254 e. The zero-order valence-corrected chi connectivity index (χ0v) is 14.1. The highest BCUT2D eigenvalue weighted by Crippen LogP contribution is 2.17. The second kappa shape index (κ2) is 7.69. The summed E-state index contributed by atoms with van der Waals surface area (Å²) >= 11 is 0. The minimum absolute atomic E-state index is 0.162. The Morgan fingerprint density at radius 1 is 1.13 bits per heavy atom. The quantitative estimate of drug-likeness (QED) is 0.855. The van der Waals surface area contributed by atoms with Crippen molar-refractivity contribution < 1.29 is 4.79 Å². The number of benzene rings is 1. The van der Waals surface area contributed by atoms with Gasteiger partial charge in [0, 0.05) is 31.2 Å². The van der Waals surface area contributed by atoms with Crippen LogP contribution in [0.4, 0.5) is 11.6 Å². The zero-order valence-electron chi connectivity index (χ0n) is 14.1. The third-order valence-corrected chi connectivity index (χ3v) is 3.52. The largest absolute Gasteiger partial charge is 0.351 e. The number of aromatic nitrogens is 2. The number of hydrogen-bond acceptors (Lipinski definition) is 5. The highest BCUT2D eigenvalue weighted by Gasteiger charge is 2.07. The summed E-state index contributed by atoms with van der Waals surface area (Å²) in [4.78, 5) is 22.3. The Labute approximate surface area is 137 Å². The molecule has 1 heterocycles. The lowest BCUT2D eigenvalue weighted by molar-refractivity contribution is 0.0950. The Bertz CT molecular complexity index is 667. The minimum Gasteiger partial charge on any atom is -0.351 e. The summed E-state index contributed by atoms with van der Waals surface area (Å²) in [5.41, 5.74) is 3.82. The molecule has 6 heteroatoms. The predicted octanol–water partition coefficient (Wildman–Crippen LogP) is 2.13. The predicted molar refractivity (Wildman–Crippen MR) is 92.1 cm³/mol. The topological polar surface area (TPSA) is 70.2 Å². The van der Waals surface area contributed by atoms with Gasteiger partial charge < -0.3 is 15.5 Å². The van der Waals surface area contributed by atoms with E-state index in [1.165, 1.54) is 23.5 Å². The van der Waals surface area contributed by atoms with Crippen molar-refractivity contribution in [2.24, 2.45) is 0 Å². The number of hydrogen-bond donors (Lipinski definition) is 2. The van der Waals surface area contributed by atoms with Gasteiger partial charge in [0.15, 0.2) is 0 Å². The molecule has 2 N–H and O–H groups in total. The molecule has 1 aromatic heterocycles. The summed E-state index contributed by atoms with van der Waals surface area (Å²) < 4.78 is 0. The molecule has 6 nitrogen and oxygen atoms in total. The highest BCUT2D eigenvalue weighted by atomic mass is 16.1. The van der Waals surface area contributed by atoms with Crippen molar-refractivity contribution in [3.8, 4) is 0 Å². The van der Waals surface area contributed by atoms with Crippen LogP contribution in [0.15, 0.2) is 30.6 Å². The average molecular weight is 313 g/mol. The Hall–Kier alpha value is -2.47. The molecule has 0 aliphatic rings. The first-order chi connectivity index (χ1) is 11.0. The fourth-order valence-electron chi connectivity index (χ4n) is 1.95. The summed E-state index contributed by atoms with van der Waals surface area (Å²) in [6.07, 6.45) is 3.06. The maximum absolute atomic E-state index is 11.9. The molecule has 0 saturated heterocycles. The van der Waals surface area contributed by atoms with Crippen LogP contribution in [-0.4, -0.2) is 48.0 Å². The van der Waals surface area contributed by atoms with Crippen LogP contribution < -0.4 is 10.6 Å². The van der Waals surface area contributed by atoms with Crippen molar-refractivity contribution in [3.63, 3.8) is 0 Å². The van der Waals surface area contributed by atoms with Gasteiger partial charge in [-0.3, -0.25) is 4.79 Å². The molecule has 1 amide bonds. The van der Waals surface area contributed by atoms with Crippen LogP contribution in [0.2, 0.25) is 0 Å². The number of nitrogens with one attached hydrogen (secondary N) is 2. The van der Waals surface area contributed by atoms with Gasteiger partial charge in [-0.15, -0.1) is 0 Å². The number of carbonyl (C=O) groups excluding carboxylic acids is 1. The monoisotopic (exact) mass is 313 g/mol. The average Bonchev–Trinajstić information content (AvgIpc) is 2.51. The van der Waals surface area contributed by atoms with E-state index in [0.717, 1.165) is 12.2 Å². The molecule has 0 fully saturated rings. The van der Waals surface area contributed by atoms with Gasteiger partial charge in [-0.2, -0.15) is 0 Å².